The third kappa shape index (κ3) is 6.16. The lowest BCUT2D eigenvalue weighted by atomic mass is 9.92. The molecule has 0 bridgehead atoms. The molecular weight excluding hydrogens is 463 g/mol. The Bertz CT molecular complexity index is 1020. The van der Waals surface area contributed by atoms with Gasteiger partial charge in [0, 0.05) is 24.3 Å². The minimum Gasteiger partial charge on any atom is -0.370 e. The molecule has 0 aliphatic carbocycles. The fourth-order valence-corrected chi connectivity index (χ4v) is 7.33. The molecule has 0 saturated carbocycles. The molecule has 1 fully saturated rings. The molecule has 3 aromatic carbocycles. The fraction of sp³-hybridized carbons (Fsp3) is 0.333. The van der Waals surface area contributed by atoms with E-state index in [1.165, 1.54) is 11.1 Å². The van der Waals surface area contributed by atoms with E-state index in [1.54, 1.807) is 0 Å². The first-order valence-corrected chi connectivity index (χ1v) is 14.0. The molecule has 1 heterocycles. The Morgan fingerprint density at radius 2 is 1.22 bits per heavy atom. The topological polar surface area (TPSA) is 39.8 Å². The largest absolute Gasteiger partial charge is 0.370 e. The predicted octanol–water partition coefficient (Wildman–Crippen LogP) is 7.32. The van der Waals surface area contributed by atoms with E-state index in [-0.39, 0.29) is 12.1 Å². The predicted molar refractivity (Wildman–Crippen MR) is 152 cm³/mol. The van der Waals surface area contributed by atoms with Gasteiger partial charge in [0.25, 0.3) is 0 Å². The number of para-hydroxylation sites is 1. The number of nitrogens with zero attached hydrogens (tertiary/aromatic N) is 2. The minimum atomic E-state index is -0.979. The van der Waals surface area contributed by atoms with Crippen LogP contribution in [0.1, 0.15) is 50.9 Å². The van der Waals surface area contributed by atoms with Crippen molar-refractivity contribution in [3.8, 4) is 0 Å². The molecule has 190 valence electrons. The molecular formula is C30H39N4OP. The Hall–Kier alpha value is -2.69. The lowest BCUT2D eigenvalue weighted by Crippen LogP contribution is -2.29. The molecule has 1 aliphatic heterocycles. The van der Waals surface area contributed by atoms with Gasteiger partial charge in [-0.1, -0.05) is 85.4 Å². The summed E-state index contributed by atoms with van der Waals surface area (Å²) in [4.78, 5) is 0. The Morgan fingerprint density at radius 1 is 0.778 bits per heavy atom. The maximum absolute atomic E-state index is 6.74. The molecule has 0 spiro atoms. The SMILES string of the molecule is C=C(NCCOP1N(C(C)C)[C@H](c2ccccc2)[C@@H](c2ccccc2)N1C(C)C)Nc1ccccc1. The lowest BCUT2D eigenvalue weighted by Gasteiger charge is -2.34. The van der Waals surface area contributed by atoms with E-state index in [4.69, 9.17) is 4.52 Å². The number of rotatable bonds is 11. The van der Waals surface area contributed by atoms with Crippen molar-refractivity contribution in [3.05, 3.63) is 115 Å². The van der Waals surface area contributed by atoms with Crippen molar-refractivity contribution in [2.45, 2.75) is 51.9 Å². The molecule has 0 amide bonds. The highest BCUT2D eigenvalue weighted by molar-refractivity contribution is 7.47. The van der Waals surface area contributed by atoms with E-state index in [1.807, 2.05) is 30.3 Å². The van der Waals surface area contributed by atoms with Crippen molar-refractivity contribution in [3.63, 3.8) is 0 Å². The highest BCUT2D eigenvalue weighted by Gasteiger charge is 2.51. The van der Waals surface area contributed by atoms with Crippen LogP contribution in [-0.2, 0) is 4.52 Å². The molecule has 2 atom stereocenters. The smallest absolute Gasteiger partial charge is 0.189 e. The second kappa shape index (κ2) is 12.5. The summed E-state index contributed by atoms with van der Waals surface area (Å²) in [5.74, 6) is 0.773. The highest BCUT2D eigenvalue weighted by Crippen LogP contribution is 2.66. The molecule has 0 unspecified atom stereocenters. The Labute approximate surface area is 218 Å². The van der Waals surface area contributed by atoms with Crippen molar-refractivity contribution in [2.75, 3.05) is 18.5 Å². The first kappa shape index (κ1) is 26.4. The Kier molecular flexibility index (Phi) is 9.17. The second-order valence-corrected chi connectivity index (χ2v) is 11.3. The lowest BCUT2D eigenvalue weighted by molar-refractivity contribution is 0.227. The Morgan fingerprint density at radius 3 is 1.67 bits per heavy atom. The van der Waals surface area contributed by atoms with E-state index in [9.17, 15) is 0 Å². The second-order valence-electron chi connectivity index (χ2n) is 9.64. The third-order valence-corrected chi connectivity index (χ3v) is 8.95. The summed E-state index contributed by atoms with van der Waals surface area (Å²) in [5, 5.41) is 6.68. The van der Waals surface area contributed by atoms with E-state index in [0.29, 0.717) is 25.2 Å². The molecule has 1 aliphatic rings. The summed E-state index contributed by atoms with van der Waals surface area (Å²) < 4.78 is 11.9. The standard InChI is InChI=1S/C30H39N4OP/c1-23(2)33-29(26-15-9-6-10-16-26)30(27-17-11-7-12-18-27)34(24(3)4)36(33)35-22-21-31-25(5)32-28-19-13-8-14-20-28/h6-20,23-24,29-32H,5,21-22H2,1-4H3/t29-,30-/m1/s1. The zero-order valence-electron chi connectivity index (χ0n) is 21.8. The first-order chi connectivity index (χ1) is 17.5. The van der Waals surface area contributed by atoms with Gasteiger partial charge in [-0.2, -0.15) is 0 Å². The molecule has 2 N–H and O–H groups in total. The zero-order chi connectivity index (χ0) is 25.5. The van der Waals surface area contributed by atoms with E-state index >= 15 is 0 Å². The van der Waals surface area contributed by atoms with Gasteiger partial charge >= 0.3 is 0 Å². The van der Waals surface area contributed by atoms with Crippen LogP contribution in [0.5, 0.6) is 0 Å². The summed E-state index contributed by atoms with van der Waals surface area (Å²) in [6.07, 6.45) is 0. The van der Waals surface area contributed by atoms with Crippen molar-refractivity contribution in [1.29, 1.82) is 0 Å². The number of nitrogens with one attached hydrogen (secondary N) is 2. The normalized spacial score (nSPS) is 19.2. The molecule has 3 aromatic rings. The van der Waals surface area contributed by atoms with Gasteiger partial charge in [-0.25, -0.2) is 9.34 Å². The number of hydrogen-bond donors (Lipinski definition) is 2. The van der Waals surface area contributed by atoms with Crippen LogP contribution >= 0.6 is 8.45 Å². The van der Waals surface area contributed by atoms with Gasteiger partial charge in [0.2, 0.25) is 0 Å². The van der Waals surface area contributed by atoms with Gasteiger partial charge in [0.1, 0.15) is 0 Å². The van der Waals surface area contributed by atoms with Gasteiger partial charge in [-0.05, 0) is 51.0 Å². The van der Waals surface area contributed by atoms with Crippen LogP contribution in [0.3, 0.4) is 0 Å². The van der Waals surface area contributed by atoms with Crippen molar-refractivity contribution >= 4 is 14.1 Å². The monoisotopic (exact) mass is 502 g/mol. The molecule has 0 radical (unpaired) electrons. The van der Waals surface area contributed by atoms with Gasteiger partial charge in [-0.15, -0.1) is 0 Å². The van der Waals surface area contributed by atoms with Crippen LogP contribution in [0.4, 0.5) is 5.69 Å². The van der Waals surface area contributed by atoms with Crippen LogP contribution in [0.2, 0.25) is 0 Å². The average Bonchev–Trinajstić information content (AvgIpc) is 3.24. The maximum atomic E-state index is 6.74. The van der Waals surface area contributed by atoms with E-state index < -0.39 is 8.45 Å². The number of hydrogen-bond acceptors (Lipinski definition) is 5. The van der Waals surface area contributed by atoms with Crippen LogP contribution in [-0.4, -0.2) is 34.6 Å². The molecule has 6 heteroatoms. The molecule has 0 aromatic heterocycles. The third-order valence-electron chi connectivity index (χ3n) is 6.32. The minimum absolute atomic E-state index is 0.213. The number of benzene rings is 3. The van der Waals surface area contributed by atoms with Crippen LogP contribution < -0.4 is 10.6 Å². The molecule has 1 saturated heterocycles. The van der Waals surface area contributed by atoms with Gasteiger partial charge < -0.3 is 15.2 Å². The van der Waals surface area contributed by atoms with E-state index in [0.717, 1.165) is 11.5 Å². The van der Waals surface area contributed by atoms with E-state index in [2.05, 4.69) is 115 Å². The van der Waals surface area contributed by atoms with Crippen molar-refractivity contribution < 1.29 is 4.52 Å². The van der Waals surface area contributed by atoms with Gasteiger partial charge in [-0.3, -0.25) is 0 Å². The summed E-state index contributed by atoms with van der Waals surface area (Å²) in [6.45, 7) is 14.5. The van der Waals surface area contributed by atoms with Crippen LogP contribution in [0.15, 0.2) is 103 Å². The quantitative estimate of drug-likeness (QED) is 0.212. The van der Waals surface area contributed by atoms with Crippen molar-refractivity contribution in [2.24, 2.45) is 0 Å². The molecule has 5 nitrogen and oxygen atoms in total. The Balaban J connectivity index is 1.54. The van der Waals surface area contributed by atoms with Crippen LogP contribution in [0.25, 0.3) is 0 Å². The summed E-state index contributed by atoms with van der Waals surface area (Å²) >= 11 is 0. The van der Waals surface area contributed by atoms with Crippen LogP contribution in [0, 0.1) is 0 Å². The van der Waals surface area contributed by atoms with Crippen molar-refractivity contribution in [1.82, 2.24) is 14.7 Å². The molecule has 36 heavy (non-hydrogen) atoms. The average molecular weight is 503 g/mol. The maximum Gasteiger partial charge on any atom is 0.189 e. The van der Waals surface area contributed by atoms with Gasteiger partial charge in [0.15, 0.2) is 8.45 Å². The summed E-state index contributed by atoms with van der Waals surface area (Å²) in [6, 6.07) is 33.0. The fourth-order valence-electron chi connectivity index (χ4n) is 4.83. The highest BCUT2D eigenvalue weighted by atomic mass is 31.2. The zero-order valence-corrected chi connectivity index (χ0v) is 22.7. The van der Waals surface area contributed by atoms with Gasteiger partial charge in [0.05, 0.1) is 24.5 Å². The number of anilines is 1. The summed E-state index contributed by atoms with van der Waals surface area (Å²) in [5.41, 5.74) is 3.68. The summed E-state index contributed by atoms with van der Waals surface area (Å²) in [7, 11) is -0.979. The first-order valence-electron chi connectivity index (χ1n) is 12.8. The molecule has 4 rings (SSSR count).